The Morgan fingerprint density at radius 1 is 0.939 bits per heavy atom. The first-order chi connectivity index (χ1) is 15.7. The predicted molar refractivity (Wildman–Crippen MR) is 116 cm³/mol. The van der Waals surface area contributed by atoms with Crippen molar-refractivity contribution in [1.82, 2.24) is 24.9 Å². The van der Waals surface area contributed by atoms with Crippen molar-refractivity contribution in [3.8, 4) is 0 Å². The van der Waals surface area contributed by atoms with Gasteiger partial charge in [-0.1, -0.05) is 0 Å². The van der Waals surface area contributed by atoms with Crippen molar-refractivity contribution >= 4 is 11.2 Å². The third-order valence-corrected chi connectivity index (χ3v) is 6.92. The highest BCUT2D eigenvalue weighted by atomic mass is 19.4. The van der Waals surface area contributed by atoms with Gasteiger partial charge in [-0.3, -0.25) is 4.98 Å². The van der Waals surface area contributed by atoms with Crippen molar-refractivity contribution in [1.29, 1.82) is 0 Å². The largest absolute Gasteiger partial charge is 0.391 e. The van der Waals surface area contributed by atoms with Crippen LogP contribution in [0.25, 0.3) is 11.2 Å². The minimum atomic E-state index is -4.17. The van der Waals surface area contributed by atoms with Crippen LogP contribution in [0.3, 0.4) is 0 Å². The third-order valence-electron chi connectivity index (χ3n) is 6.92. The highest BCUT2D eigenvalue weighted by Crippen LogP contribution is 2.50. The predicted octanol–water partition coefficient (Wildman–Crippen LogP) is 5.43. The minimum Gasteiger partial charge on any atom is -0.373 e. The first kappa shape index (κ1) is 22.1. The summed E-state index contributed by atoms with van der Waals surface area (Å²) in [6.45, 7) is 6.21. The van der Waals surface area contributed by atoms with Crippen LogP contribution in [0.4, 0.5) is 13.2 Å². The molecule has 0 unspecified atom stereocenters. The number of ether oxygens (including phenoxy) is 1. The van der Waals surface area contributed by atoms with Gasteiger partial charge in [-0.25, -0.2) is 19.9 Å². The maximum Gasteiger partial charge on any atom is 0.391 e. The molecule has 33 heavy (non-hydrogen) atoms. The summed E-state index contributed by atoms with van der Waals surface area (Å²) >= 11 is 0. The molecule has 6 nitrogen and oxygen atoms in total. The molecule has 1 aliphatic carbocycles. The summed E-state index contributed by atoms with van der Waals surface area (Å²) in [7, 11) is 0. The van der Waals surface area contributed by atoms with Gasteiger partial charge in [0.2, 0.25) is 0 Å². The quantitative estimate of drug-likeness (QED) is 0.522. The average Bonchev–Trinajstić information content (AvgIpc) is 2.73. The number of hydrogen-bond donors (Lipinski definition) is 0. The van der Waals surface area contributed by atoms with Crippen molar-refractivity contribution in [3.63, 3.8) is 0 Å². The molecule has 3 aromatic rings. The number of alkyl halides is 3. The van der Waals surface area contributed by atoms with Gasteiger partial charge in [-0.2, -0.15) is 13.2 Å². The smallest absolute Gasteiger partial charge is 0.373 e. The topological polar surface area (TPSA) is 73.7 Å². The van der Waals surface area contributed by atoms with E-state index in [2.05, 4.69) is 15.0 Å². The zero-order valence-electron chi connectivity index (χ0n) is 18.9. The summed E-state index contributed by atoms with van der Waals surface area (Å²) in [5.74, 6) is -0.902. The Morgan fingerprint density at radius 3 is 2.42 bits per heavy atom. The van der Waals surface area contributed by atoms with E-state index in [9.17, 15) is 13.2 Å². The van der Waals surface area contributed by atoms with E-state index in [0.29, 0.717) is 35.7 Å². The second-order valence-electron chi connectivity index (χ2n) is 9.25. The molecule has 174 valence electrons. The number of fused-ring (bicyclic) bond motifs is 1. The number of pyridine rings is 1. The van der Waals surface area contributed by atoms with Crippen LogP contribution in [0.2, 0.25) is 0 Å². The van der Waals surface area contributed by atoms with E-state index in [4.69, 9.17) is 14.7 Å². The van der Waals surface area contributed by atoms with Crippen LogP contribution in [-0.4, -0.2) is 37.7 Å². The summed E-state index contributed by atoms with van der Waals surface area (Å²) in [5.41, 5.74) is 5.09. The molecule has 4 heterocycles. The van der Waals surface area contributed by atoms with Gasteiger partial charge in [0.15, 0.2) is 5.65 Å². The standard InChI is InChI=1S/C24H26F3N5O/c1-12-8-15(4-6-28-12)19-11-16(5-7-33-19)22-31-20(17-9-18(10-17)24(25,26)27)21-23(32-22)30-14(3)13(2)29-21/h4,6,8,16-19H,5,7,9-11H2,1-3H3/t16-,17-,18-,19-/m1/s1. The average molecular weight is 458 g/mol. The monoisotopic (exact) mass is 457 g/mol. The van der Waals surface area contributed by atoms with E-state index < -0.39 is 12.1 Å². The van der Waals surface area contributed by atoms with Gasteiger partial charge < -0.3 is 4.74 Å². The number of aromatic nitrogens is 5. The van der Waals surface area contributed by atoms with Crippen molar-refractivity contribution in [3.05, 3.63) is 52.5 Å². The summed E-state index contributed by atoms with van der Waals surface area (Å²) < 4.78 is 45.5. The van der Waals surface area contributed by atoms with Gasteiger partial charge in [0.1, 0.15) is 11.3 Å². The molecule has 0 N–H and O–H groups in total. The molecule has 2 aliphatic rings. The fourth-order valence-electron chi connectivity index (χ4n) is 4.76. The number of rotatable bonds is 3. The van der Waals surface area contributed by atoms with Gasteiger partial charge >= 0.3 is 6.18 Å². The molecule has 2 fully saturated rings. The van der Waals surface area contributed by atoms with Crippen LogP contribution in [0.15, 0.2) is 18.3 Å². The van der Waals surface area contributed by atoms with E-state index in [1.165, 1.54) is 0 Å². The highest BCUT2D eigenvalue weighted by Gasteiger charge is 2.49. The second-order valence-corrected chi connectivity index (χ2v) is 9.25. The van der Waals surface area contributed by atoms with Gasteiger partial charge in [0.05, 0.1) is 29.1 Å². The van der Waals surface area contributed by atoms with Crippen LogP contribution in [0.1, 0.15) is 77.8 Å². The van der Waals surface area contributed by atoms with Crippen LogP contribution in [-0.2, 0) is 4.74 Å². The fraction of sp³-hybridized carbons (Fsp3) is 0.542. The lowest BCUT2D eigenvalue weighted by molar-refractivity contribution is -0.197. The first-order valence-corrected chi connectivity index (χ1v) is 11.3. The maximum absolute atomic E-state index is 13.1. The van der Waals surface area contributed by atoms with Crippen LogP contribution in [0.5, 0.6) is 0 Å². The molecule has 1 saturated carbocycles. The lowest BCUT2D eigenvalue weighted by Gasteiger charge is -2.36. The van der Waals surface area contributed by atoms with Gasteiger partial charge in [0.25, 0.3) is 0 Å². The Bertz CT molecular complexity index is 1190. The Hall–Kier alpha value is -2.68. The first-order valence-electron chi connectivity index (χ1n) is 11.3. The Morgan fingerprint density at radius 2 is 1.70 bits per heavy atom. The molecule has 3 aromatic heterocycles. The molecule has 1 saturated heterocycles. The van der Waals surface area contributed by atoms with Crippen LogP contribution < -0.4 is 0 Å². The number of hydrogen-bond acceptors (Lipinski definition) is 6. The molecular formula is C24H26F3N5O. The molecule has 5 rings (SSSR count). The lowest BCUT2D eigenvalue weighted by Crippen LogP contribution is -2.35. The minimum absolute atomic E-state index is 0.0299. The third kappa shape index (κ3) is 4.30. The summed E-state index contributed by atoms with van der Waals surface area (Å²) in [6, 6.07) is 3.97. The second kappa shape index (κ2) is 8.27. The van der Waals surface area contributed by atoms with Crippen molar-refractivity contribution in [2.24, 2.45) is 5.92 Å². The molecule has 0 aromatic carbocycles. The highest BCUT2D eigenvalue weighted by molar-refractivity contribution is 5.73. The molecule has 0 spiro atoms. The lowest BCUT2D eigenvalue weighted by atomic mass is 9.72. The fourth-order valence-corrected chi connectivity index (χ4v) is 4.76. The molecule has 2 atom stereocenters. The molecule has 9 heteroatoms. The summed E-state index contributed by atoms with van der Waals surface area (Å²) in [5, 5.41) is 0. The molecular weight excluding hydrogens is 431 g/mol. The number of aryl methyl sites for hydroxylation is 3. The SMILES string of the molecule is Cc1cc([C@H]2C[C@H](c3nc4nc(C)c(C)nc4c([C@H]4C[C@H](C(F)(F)F)C4)n3)CCO2)ccn1. The van der Waals surface area contributed by atoms with E-state index in [1.54, 1.807) is 6.20 Å². The molecule has 0 amide bonds. The Kier molecular flexibility index (Phi) is 5.55. The van der Waals surface area contributed by atoms with E-state index in [0.717, 1.165) is 29.1 Å². The zero-order valence-corrected chi connectivity index (χ0v) is 18.9. The molecule has 1 aliphatic heterocycles. The summed E-state index contributed by atoms with van der Waals surface area (Å²) in [6.07, 6.45) is -0.972. The summed E-state index contributed by atoms with van der Waals surface area (Å²) in [4.78, 5) is 23.1. The number of halogens is 3. The van der Waals surface area contributed by atoms with E-state index in [1.807, 2.05) is 32.9 Å². The number of nitrogens with zero attached hydrogens (tertiary/aromatic N) is 5. The maximum atomic E-state index is 13.1. The molecule has 0 bridgehead atoms. The van der Waals surface area contributed by atoms with E-state index in [-0.39, 0.29) is 30.8 Å². The van der Waals surface area contributed by atoms with Gasteiger partial charge in [-0.15, -0.1) is 0 Å². The van der Waals surface area contributed by atoms with Crippen molar-refractivity contribution in [2.75, 3.05) is 6.61 Å². The van der Waals surface area contributed by atoms with Crippen molar-refractivity contribution < 1.29 is 17.9 Å². The van der Waals surface area contributed by atoms with Crippen LogP contribution in [0, 0.1) is 26.7 Å². The Labute approximate surface area is 190 Å². The zero-order chi connectivity index (χ0) is 23.3. The van der Waals surface area contributed by atoms with Gasteiger partial charge in [-0.05, 0) is 64.2 Å². The van der Waals surface area contributed by atoms with Crippen LogP contribution >= 0.6 is 0 Å². The Balaban J connectivity index is 1.50. The normalized spacial score (nSPS) is 25.8. The van der Waals surface area contributed by atoms with E-state index >= 15 is 0 Å². The van der Waals surface area contributed by atoms with Gasteiger partial charge in [0, 0.05) is 30.3 Å². The van der Waals surface area contributed by atoms with Crippen molar-refractivity contribution in [2.45, 2.75) is 70.6 Å². The molecule has 0 radical (unpaired) electrons.